The quantitative estimate of drug-likeness (QED) is 0.0632. The lowest BCUT2D eigenvalue weighted by molar-refractivity contribution is 0.103. The number of carbonyl (C=O) groups excluding carboxylic acids is 3. The Bertz CT molecular complexity index is 2900. The average molecular weight is 930 g/mol. The monoisotopic (exact) mass is 930 g/mol. The summed E-state index contributed by atoms with van der Waals surface area (Å²) in [4.78, 5) is 48.5. The molecule has 0 aliphatic heterocycles. The molecule has 10 aromatic rings. The molecule has 0 spiro atoms. The van der Waals surface area contributed by atoms with E-state index >= 15 is 14.4 Å². The Morgan fingerprint density at radius 3 is 0.542 bits per heavy atom. The number of carbonyl (C=O) groups is 3. The first kappa shape index (κ1) is 46.5. The van der Waals surface area contributed by atoms with Crippen molar-refractivity contribution in [2.24, 2.45) is 0 Å². The van der Waals surface area contributed by atoms with Gasteiger partial charge in [-0.2, -0.15) is 0 Å². The SMILES string of the molecule is O=C(c1ccccc1)c1c(OB(c2ccccc2)c2ccccc2)c(C(=O)c2ccccc2)c(OB(c2ccccc2)c2ccccc2)c(C(=O)c2ccccc2)c1OB(c1ccccc1)c1ccccc1. The topological polar surface area (TPSA) is 78.9 Å². The highest BCUT2D eigenvalue weighted by atomic mass is 16.5. The zero-order chi connectivity index (χ0) is 49.1. The molecule has 0 aromatic heterocycles. The van der Waals surface area contributed by atoms with Crippen LogP contribution in [0.15, 0.2) is 273 Å². The third-order valence-corrected chi connectivity index (χ3v) is 12.5. The highest BCUT2D eigenvalue weighted by molar-refractivity contribution is 6.82. The van der Waals surface area contributed by atoms with Crippen molar-refractivity contribution < 1.29 is 28.3 Å². The molecule has 0 saturated heterocycles. The molecule has 0 fully saturated rings. The summed E-state index contributed by atoms with van der Waals surface area (Å²) in [5.41, 5.74) is 4.89. The maximum atomic E-state index is 16.2. The van der Waals surface area contributed by atoms with E-state index in [0.717, 1.165) is 32.8 Å². The number of hydrogen-bond donors (Lipinski definition) is 0. The van der Waals surface area contributed by atoms with Gasteiger partial charge >= 0.3 is 20.7 Å². The van der Waals surface area contributed by atoms with Crippen LogP contribution >= 0.6 is 0 Å². The molecule has 0 bridgehead atoms. The van der Waals surface area contributed by atoms with E-state index in [-0.39, 0.29) is 50.6 Å². The Morgan fingerprint density at radius 2 is 0.375 bits per heavy atom. The van der Waals surface area contributed by atoms with E-state index in [9.17, 15) is 0 Å². The summed E-state index contributed by atoms with van der Waals surface area (Å²) >= 11 is 0. The van der Waals surface area contributed by atoms with Gasteiger partial charge in [0.05, 0.1) is 0 Å². The third-order valence-electron chi connectivity index (χ3n) is 12.5. The van der Waals surface area contributed by atoms with Crippen molar-refractivity contribution in [3.05, 3.63) is 306 Å². The van der Waals surface area contributed by atoms with E-state index < -0.39 is 38.1 Å². The van der Waals surface area contributed by atoms with Crippen molar-refractivity contribution >= 4 is 70.9 Å². The Kier molecular flexibility index (Phi) is 14.2. The lowest BCUT2D eigenvalue weighted by Crippen LogP contribution is -2.50. The highest BCUT2D eigenvalue weighted by Gasteiger charge is 2.42. The Balaban J connectivity index is 1.41. The Morgan fingerprint density at radius 1 is 0.222 bits per heavy atom. The molecular weight excluding hydrogens is 885 g/mol. The minimum absolute atomic E-state index is 0.121. The van der Waals surface area contributed by atoms with Crippen molar-refractivity contribution in [1.29, 1.82) is 0 Å². The Hall–Kier alpha value is -9.20. The predicted molar refractivity (Wildman–Crippen MR) is 292 cm³/mol. The van der Waals surface area contributed by atoms with Crippen molar-refractivity contribution in [1.82, 2.24) is 0 Å². The number of hydrogen-bond acceptors (Lipinski definition) is 6. The first-order chi connectivity index (χ1) is 35.5. The van der Waals surface area contributed by atoms with Crippen LogP contribution in [0.4, 0.5) is 0 Å². The molecule has 0 radical (unpaired) electrons. The van der Waals surface area contributed by atoms with Gasteiger partial charge in [-0.05, 0) is 32.8 Å². The van der Waals surface area contributed by atoms with E-state index in [1.54, 1.807) is 72.8 Å². The molecular formula is C63H45B3O6. The van der Waals surface area contributed by atoms with Crippen LogP contribution in [0, 0.1) is 0 Å². The predicted octanol–water partition coefficient (Wildman–Crippen LogP) is 8.93. The molecule has 0 N–H and O–H groups in total. The zero-order valence-corrected chi connectivity index (χ0v) is 39.2. The molecule has 9 heteroatoms. The largest absolute Gasteiger partial charge is 0.550 e. The minimum Gasteiger partial charge on any atom is -0.550 e. The molecule has 10 rings (SSSR count). The van der Waals surface area contributed by atoms with Crippen molar-refractivity contribution in [3.63, 3.8) is 0 Å². The molecule has 0 heterocycles. The van der Waals surface area contributed by atoms with Gasteiger partial charge in [-0.25, -0.2) is 0 Å². The van der Waals surface area contributed by atoms with Gasteiger partial charge in [0.15, 0.2) is 17.3 Å². The lowest BCUT2D eigenvalue weighted by Gasteiger charge is -2.30. The van der Waals surface area contributed by atoms with Crippen LogP contribution in [0.5, 0.6) is 17.2 Å². The standard InChI is InChI=1S/C63H45B3O6/c67-58(46-28-10-1-11-29-46)55-61(70-64(49-34-16-4-17-35-49)50-36-18-5-19-37-50)56(59(68)47-30-12-2-13-31-47)63(72-66(53-42-24-8-25-43-53)54-44-26-9-27-45-54)57(60(69)48-32-14-3-15-33-48)62(55)71-65(51-38-20-6-21-39-51)52-40-22-7-23-41-52/h1-45H. The number of rotatable bonds is 18. The Labute approximate surface area is 420 Å². The van der Waals surface area contributed by atoms with Crippen molar-refractivity contribution in [3.8, 4) is 17.2 Å². The second kappa shape index (κ2) is 22.0. The van der Waals surface area contributed by atoms with Crippen molar-refractivity contribution in [2.45, 2.75) is 0 Å². The fourth-order valence-corrected chi connectivity index (χ4v) is 8.96. The highest BCUT2D eigenvalue weighted by Crippen LogP contribution is 2.48. The fourth-order valence-electron chi connectivity index (χ4n) is 8.96. The third kappa shape index (κ3) is 10.1. The second-order valence-electron chi connectivity index (χ2n) is 17.2. The van der Waals surface area contributed by atoms with Gasteiger partial charge in [-0.15, -0.1) is 0 Å². The molecule has 0 saturated carbocycles. The molecule has 72 heavy (non-hydrogen) atoms. The van der Waals surface area contributed by atoms with Gasteiger partial charge in [-0.3, -0.25) is 14.4 Å². The summed E-state index contributed by atoms with van der Waals surface area (Å²) < 4.78 is 22.6. The fraction of sp³-hybridized carbons (Fsp3) is 0. The molecule has 0 unspecified atom stereocenters. The summed E-state index contributed by atoms with van der Waals surface area (Å²) in [7, 11) is 0. The first-order valence-corrected chi connectivity index (χ1v) is 23.9. The van der Waals surface area contributed by atoms with Crippen LogP contribution in [-0.4, -0.2) is 38.1 Å². The molecule has 0 aliphatic rings. The van der Waals surface area contributed by atoms with E-state index in [1.807, 2.05) is 200 Å². The van der Waals surface area contributed by atoms with Gasteiger partial charge in [0.1, 0.15) is 33.9 Å². The second-order valence-corrected chi connectivity index (χ2v) is 17.2. The maximum absolute atomic E-state index is 16.2. The van der Waals surface area contributed by atoms with Crippen LogP contribution in [0.3, 0.4) is 0 Å². The molecule has 0 atom stereocenters. The van der Waals surface area contributed by atoms with E-state index in [2.05, 4.69) is 0 Å². The summed E-state index contributed by atoms with van der Waals surface area (Å²) in [5.74, 6) is -1.99. The maximum Gasteiger partial charge on any atom is 0.426 e. The van der Waals surface area contributed by atoms with Crippen LogP contribution in [-0.2, 0) is 0 Å². The number of benzene rings is 10. The molecule has 342 valence electrons. The zero-order valence-electron chi connectivity index (χ0n) is 39.2. The minimum atomic E-state index is -0.897. The van der Waals surface area contributed by atoms with Crippen LogP contribution < -0.4 is 46.7 Å². The van der Waals surface area contributed by atoms with E-state index in [0.29, 0.717) is 0 Å². The van der Waals surface area contributed by atoms with Gasteiger partial charge < -0.3 is 14.0 Å². The normalized spacial score (nSPS) is 10.7. The first-order valence-electron chi connectivity index (χ1n) is 23.9. The van der Waals surface area contributed by atoms with E-state index in [4.69, 9.17) is 14.0 Å². The average Bonchev–Trinajstić information content (AvgIpc) is 3.46. The van der Waals surface area contributed by atoms with Gasteiger partial charge in [0, 0.05) is 16.7 Å². The molecule has 6 nitrogen and oxygen atoms in total. The van der Waals surface area contributed by atoms with Crippen molar-refractivity contribution in [2.75, 3.05) is 0 Å². The van der Waals surface area contributed by atoms with Gasteiger partial charge in [0.2, 0.25) is 0 Å². The molecule has 10 aromatic carbocycles. The number of ketones is 3. The van der Waals surface area contributed by atoms with E-state index in [1.165, 1.54) is 0 Å². The van der Waals surface area contributed by atoms with Crippen LogP contribution in [0.2, 0.25) is 0 Å². The van der Waals surface area contributed by atoms with Crippen LogP contribution in [0.1, 0.15) is 47.8 Å². The summed E-state index contributed by atoms with van der Waals surface area (Å²) in [6.45, 7) is -2.69. The molecule has 0 amide bonds. The molecule has 0 aliphatic carbocycles. The van der Waals surface area contributed by atoms with Gasteiger partial charge in [0.25, 0.3) is 0 Å². The summed E-state index contributed by atoms with van der Waals surface area (Å²) in [6, 6.07) is 84.2. The summed E-state index contributed by atoms with van der Waals surface area (Å²) in [6.07, 6.45) is 0. The smallest absolute Gasteiger partial charge is 0.426 e. The van der Waals surface area contributed by atoms with Crippen LogP contribution in [0.25, 0.3) is 0 Å². The van der Waals surface area contributed by atoms with Gasteiger partial charge in [-0.1, -0.05) is 273 Å². The lowest BCUT2D eigenvalue weighted by atomic mass is 9.54. The summed E-state index contributed by atoms with van der Waals surface area (Å²) in [5, 5.41) is 0.